The molecule has 1 unspecified atom stereocenters. The van der Waals surface area contributed by atoms with Crippen LogP contribution in [0.1, 0.15) is 17.4 Å². The number of methoxy groups -OCH3 is 1. The van der Waals surface area contributed by atoms with Crippen molar-refractivity contribution in [3.05, 3.63) is 29.6 Å². The highest BCUT2D eigenvalue weighted by atomic mass is 79.9. The predicted octanol–water partition coefficient (Wildman–Crippen LogP) is 2.47. The zero-order valence-corrected chi connectivity index (χ0v) is 8.84. The lowest BCUT2D eigenvalue weighted by Crippen LogP contribution is -2.02. The van der Waals surface area contributed by atoms with E-state index >= 15 is 0 Å². The van der Waals surface area contributed by atoms with Gasteiger partial charge < -0.3 is 4.74 Å². The van der Waals surface area contributed by atoms with E-state index < -0.39 is 0 Å². The summed E-state index contributed by atoms with van der Waals surface area (Å²) in [6.07, 6.45) is 1.96. The molecule has 1 rings (SSSR count). The van der Waals surface area contributed by atoms with Crippen molar-refractivity contribution >= 4 is 15.9 Å². The molecule has 0 aliphatic carbocycles. The Morgan fingerprint density at radius 2 is 2.33 bits per heavy atom. The molecule has 1 heterocycles. The summed E-state index contributed by atoms with van der Waals surface area (Å²) in [5.41, 5.74) is 2.14. The summed E-state index contributed by atoms with van der Waals surface area (Å²) in [6.45, 7) is 1.97. The summed E-state index contributed by atoms with van der Waals surface area (Å²) in [5, 5.41) is 0.800. The van der Waals surface area contributed by atoms with Gasteiger partial charge in [-0.15, -0.1) is 0 Å². The van der Waals surface area contributed by atoms with Gasteiger partial charge in [0.2, 0.25) is 0 Å². The van der Waals surface area contributed by atoms with E-state index in [2.05, 4.69) is 20.9 Å². The first kappa shape index (κ1) is 9.68. The maximum Gasteiger partial charge on any atom is 0.0932 e. The number of halogens is 1. The lowest BCUT2D eigenvalue weighted by molar-refractivity contribution is 0.124. The van der Waals surface area contributed by atoms with E-state index in [1.54, 1.807) is 7.11 Å². The van der Waals surface area contributed by atoms with Crippen LogP contribution in [-0.4, -0.2) is 17.4 Å². The van der Waals surface area contributed by atoms with Crippen LogP contribution in [0.3, 0.4) is 0 Å². The molecular weight excluding hydrogens is 218 g/mol. The number of hydrogen-bond acceptors (Lipinski definition) is 2. The second kappa shape index (κ2) is 4.58. The quantitative estimate of drug-likeness (QED) is 0.744. The first-order valence-corrected chi connectivity index (χ1v) is 4.91. The zero-order chi connectivity index (χ0) is 8.97. The topological polar surface area (TPSA) is 22.1 Å². The highest BCUT2D eigenvalue weighted by Crippen LogP contribution is 2.17. The highest BCUT2D eigenvalue weighted by Gasteiger charge is 2.07. The van der Waals surface area contributed by atoms with Gasteiger partial charge in [-0.1, -0.05) is 22.0 Å². The molecule has 1 aromatic rings. The Morgan fingerprint density at radius 3 is 2.75 bits per heavy atom. The minimum atomic E-state index is 0.109. The van der Waals surface area contributed by atoms with E-state index in [-0.39, 0.29) is 6.10 Å². The Balaban J connectivity index is 2.80. The molecule has 0 saturated carbocycles. The van der Waals surface area contributed by atoms with Gasteiger partial charge in [0.05, 0.1) is 6.10 Å². The second-order valence-corrected chi connectivity index (χ2v) is 3.26. The molecule has 0 bridgehead atoms. The maximum absolute atomic E-state index is 5.24. The largest absolute Gasteiger partial charge is 0.376 e. The molecule has 1 atom stereocenters. The fraction of sp³-hybridized carbons (Fsp3) is 0.444. The average Bonchev–Trinajstić information content (AvgIpc) is 2.10. The number of rotatable bonds is 3. The van der Waals surface area contributed by atoms with Gasteiger partial charge in [-0.2, -0.15) is 0 Å². The molecule has 0 spiro atoms. The van der Waals surface area contributed by atoms with Gasteiger partial charge in [-0.05, 0) is 18.6 Å². The van der Waals surface area contributed by atoms with E-state index in [9.17, 15) is 0 Å². The number of nitrogens with zero attached hydrogens (tertiary/aromatic N) is 1. The van der Waals surface area contributed by atoms with Crippen molar-refractivity contribution in [1.82, 2.24) is 4.98 Å². The third-order valence-electron chi connectivity index (χ3n) is 1.73. The number of aromatic nitrogens is 1. The smallest absolute Gasteiger partial charge is 0.0932 e. The Labute approximate surface area is 81.1 Å². The monoisotopic (exact) mass is 229 g/mol. The van der Waals surface area contributed by atoms with Gasteiger partial charge in [0, 0.05) is 24.3 Å². The Morgan fingerprint density at radius 1 is 1.58 bits per heavy atom. The van der Waals surface area contributed by atoms with Gasteiger partial charge in [-0.3, -0.25) is 4.98 Å². The minimum absolute atomic E-state index is 0.109. The molecule has 0 fully saturated rings. The molecule has 3 heteroatoms. The molecular formula is C9H12BrNO. The maximum atomic E-state index is 5.24. The highest BCUT2D eigenvalue weighted by molar-refractivity contribution is 9.09. The van der Waals surface area contributed by atoms with E-state index in [0.717, 1.165) is 16.6 Å². The molecule has 0 amide bonds. The van der Waals surface area contributed by atoms with Crippen molar-refractivity contribution in [2.75, 3.05) is 12.4 Å². The number of pyridine rings is 1. The predicted molar refractivity (Wildman–Crippen MR) is 52.5 cm³/mol. The standard InChI is InChI=1S/C9H12BrNO/c1-7-3-4-8(6-11-7)9(5-10)12-2/h3-4,6,9H,5H2,1-2H3. The van der Waals surface area contributed by atoms with Crippen LogP contribution in [0.15, 0.2) is 18.3 Å². The van der Waals surface area contributed by atoms with Crippen molar-refractivity contribution < 1.29 is 4.74 Å². The van der Waals surface area contributed by atoms with Crippen LogP contribution in [0.5, 0.6) is 0 Å². The van der Waals surface area contributed by atoms with E-state index in [1.165, 1.54) is 0 Å². The minimum Gasteiger partial charge on any atom is -0.376 e. The SMILES string of the molecule is COC(CBr)c1ccc(C)nc1. The number of ether oxygens (including phenoxy) is 1. The molecule has 0 aliphatic rings. The van der Waals surface area contributed by atoms with Crippen LogP contribution in [-0.2, 0) is 4.74 Å². The van der Waals surface area contributed by atoms with E-state index in [0.29, 0.717) is 0 Å². The van der Waals surface area contributed by atoms with Crippen molar-refractivity contribution in [2.24, 2.45) is 0 Å². The van der Waals surface area contributed by atoms with Crippen LogP contribution >= 0.6 is 15.9 Å². The molecule has 0 saturated heterocycles. The molecule has 66 valence electrons. The summed E-state index contributed by atoms with van der Waals surface area (Å²) in [4.78, 5) is 4.20. The van der Waals surface area contributed by atoms with Crippen molar-refractivity contribution in [3.63, 3.8) is 0 Å². The molecule has 1 aromatic heterocycles. The Hall–Kier alpha value is -0.410. The normalized spacial score (nSPS) is 12.9. The number of alkyl halides is 1. The fourth-order valence-electron chi connectivity index (χ4n) is 0.958. The molecule has 2 nitrogen and oxygen atoms in total. The van der Waals surface area contributed by atoms with E-state index in [4.69, 9.17) is 4.74 Å². The average molecular weight is 230 g/mol. The summed E-state index contributed by atoms with van der Waals surface area (Å²) in [6, 6.07) is 4.03. The molecule has 0 aromatic carbocycles. The van der Waals surface area contributed by atoms with Crippen LogP contribution < -0.4 is 0 Å². The van der Waals surface area contributed by atoms with Gasteiger partial charge in [0.15, 0.2) is 0 Å². The van der Waals surface area contributed by atoms with Crippen LogP contribution in [0.2, 0.25) is 0 Å². The lowest BCUT2D eigenvalue weighted by atomic mass is 10.2. The van der Waals surface area contributed by atoms with Crippen LogP contribution in [0.25, 0.3) is 0 Å². The van der Waals surface area contributed by atoms with E-state index in [1.807, 2.05) is 25.3 Å². The van der Waals surface area contributed by atoms with Gasteiger partial charge in [-0.25, -0.2) is 0 Å². The summed E-state index contributed by atoms with van der Waals surface area (Å²) >= 11 is 3.38. The molecule has 0 radical (unpaired) electrons. The Kier molecular flexibility index (Phi) is 3.69. The van der Waals surface area contributed by atoms with Crippen LogP contribution in [0, 0.1) is 6.92 Å². The number of aryl methyl sites for hydroxylation is 1. The lowest BCUT2D eigenvalue weighted by Gasteiger charge is -2.11. The second-order valence-electron chi connectivity index (χ2n) is 2.61. The third kappa shape index (κ3) is 2.29. The first-order valence-electron chi connectivity index (χ1n) is 3.79. The molecule has 0 aliphatic heterocycles. The van der Waals surface area contributed by atoms with Gasteiger partial charge in [0.25, 0.3) is 0 Å². The van der Waals surface area contributed by atoms with Crippen LogP contribution in [0.4, 0.5) is 0 Å². The molecule has 0 N–H and O–H groups in total. The fourth-order valence-corrected chi connectivity index (χ4v) is 1.60. The summed E-state index contributed by atoms with van der Waals surface area (Å²) < 4.78 is 5.24. The first-order chi connectivity index (χ1) is 5.77. The van der Waals surface area contributed by atoms with Gasteiger partial charge in [0.1, 0.15) is 0 Å². The molecule has 12 heavy (non-hydrogen) atoms. The summed E-state index contributed by atoms with van der Waals surface area (Å²) in [7, 11) is 1.70. The zero-order valence-electron chi connectivity index (χ0n) is 7.25. The Bertz CT molecular complexity index is 231. The van der Waals surface area contributed by atoms with Crippen molar-refractivity contribution in [3.8, 4) is 0 Å². The van der Waals surface area contributed by atoms with Crippen molar-refractivity contribution in [1.29, 1.82) is 0 Å². The van der Waals surface area contributed by atoms with Crippen molar-refractivity contribution in [2.45, 2.75) is 13.0 Å². The van der Waals surface area contributed by atoms with Gasteiger partial charge >= 0.3 is 0 Å². The number of hydrogen-bond donors (Lipinski definition) is 0. The third-order valence-corrected chi connectivity index (χ3v) is 2.32. The summed E-state index contributed by atoms with van der Waals surface area (Å²) in [5.74, 6) is 0.